The molecule has 1 aliphatic rings. The van der Waals surface area contributed by atoms with E-state index >= 15 is 0 Å². The van der Waals surface area contributed by atoms with Gasteiger partial charge >= 0.3 is 0 Å². The van der Waals surface area contributed by atoms with Gasteiger partial charge in [0.05, 0.1) is 15.7 Å². The maximum Gasteiger partial charge on any atom is 0.0815 e. The summed E-state index contributed by atoms with van der Waals surface area (Å²) in [6.07, 6.45) is 3.77. The highest BCUT2D eigenvalue weighted by Crippen LogP contribution is 2.30. The molecule has 0 atom stereocenters. The third-order valence-corrected chi connectivity index (χ3v) is 4.88. The van der Waals surface area contributed by atoms with Gasteiger partial charge < -0.3 is 0 Å². The van der Waals surface area contributed by atoms with Crippen LogP contribution in [0.15, 0.2) is 48.2 Å². The van der Waals surface area contributed by atoms with Crippen molar-refractivity contribution >= 4 is 21.6 Å². The Morgan fingerprint density at radius 1 is 1.15 bits per heavy atom. The lowest BCUT2D eigenvalue weighted by Gasteiger charge is -2.39. The van der Waals surface area contributed by atoms with Crippen LogP contribution in [0.2, 0.25) is 0 Å². The molecule has 2 aromatic heterocycles. The Bertz CT molecular complexity index is 717. The van der Waals surface area contributed by atoms with Crippen LogP contribution in [0.1, 0.15) is 17.0 Å². The predicted molar refractivity (Wildman–Crippen MR) is 81.9 cm³/mol. The second-order valence-electron chi connectivity index (χ2n) is 5.29. The van der Waals surface area contributed by atoms with Gasteiger partial charge in [-0.15, -0.1) is 11.3 Å². The van der Waals surface area contributed by atoms with E-state index < -0.39 is 0 Å². The molecule has 100 valence electrons. The Labute approximate surface area is 121 Å². The SMILES string of the molecule is c1cc(CN2CC(c3ccncc3)C2)c2scnc2c1. The molecule has 1 fully saturated rings. The van der Waals surface area contributed by atoms with Gasteiger partial charge in [0.25, 0.3) is 0 Å². The average Bonchev–Trinajstić information content (AvgIpc) is 2.92. The summed E-state index contributed by atoms with van der Waals surface area (Å²) in [4.78, 5) is 11.0. The van der Waals surface area contributed by atoms with Crippen LogP contribution in [-0.4, -0.2) is 28.0 Å². The van der Waals surface area contributed by atoms with Crippen LogP contribution >= 0.6 is 11.3 Å². The number of thiazole rings is 1. The Hall–Kier alpha value is -1.78. The van der Waals surface area contributed by atoms with Crippen molar-refractivity contribution in [2.75, 3.05) is 13.1 Å². The second-order valence-corrected chi connectivity index (χ2v) is 6.14. The van der Waals surface area contributed by atoms with Crippen molar-refractivity contribution in [2.24, 2.45) is 0 Å². The first-order valence-electron chi connectivity index (χ1n) is 6.83. The van der Waals surface area contributed by atoms with Crippen LogP contribution in [0.5, 0.6) is 0 Å². The summed E-state index contributed by atoms with van der Waals surface area (Å²) in [6.45, 7) is 3.31. The quantitative estimate of drug-likeness (QED) is 0.737. The van der Waals surface area contributed by atoms with E-state index in [1.54, 1.807) is 11.3 Å². The zero-order valence-electron chi connectivity index (χ0n) is 11.1. The fourth-order valence-corrected chi connectivity index (χ4v) is 3.65. The number of likely N-dealkylation sites (tertiary alicyclic amines) is 1. The van der Waals surface area contributed by atoms with Crippen molar-refractivity contribution < 1.29 is 0 Å². The highest BCUT2D eigenvalue weighted by atomic mass is 32.1. The van der Waals surface area contributed by atoms with E-state index in [9.17, 15) is 0 Å². The Kier molecular flexibility index (Phi) is 2.98. The molecular weight excluding hydrogens is 266 g/mol. The molecule has 0 amide bonds. The third kappa shape index (κ3) is 2.11. The maximum absolute atomic E-state index is 4.39. The smallest absolute Gasteiger partial charge is 0.0815 e. The van der Waals surface area contributed by atoms with Crippen LogP contribution in [0, 0.1) is 0 Å². The molecule has 3 heterocycles. The van der Waals surface area contributed by atoms with Gasteiger partial charge in [0.2, 0.25) is 0 Å². The van der Waals surface area contributed by atoms with E-state index in [1.807, 2.05) is 17.9 Å². The molecule has 0 unspecified atom stereocenters. The summed E-state index contributed by atoms with van der Waals surface area (Å²) in [6, 6.07) is 10.7. The van der Waals surface area contributed by atoms with E-state index in [4.69, 9.17) is 0 Å². The topological polar surface area (TPSA) is 29.0 Å². The van der Waals surface area contributed by atoms with Crippen molar-refractivity contribution in [3.63, 3.8) is 0 Å². The number of fused-ring (bicyclic) bond motifs is 1. The largest absolute Gasteiger partial charge is 0.298 e. The molecule has 0 spiro atoms. The van der Waals surface area contributed by atoms with Crippen molar-refractivity contribution in [3.05, 3.63) is 59.4 Å². The van der Waals surface area contributed by atoms with Crippen LogP contribution in [-0.2, 0) is 6.54 Å². The van der Waals surface area contributed by atoms with Gasteiger partial charge in [-0.2, -0.15) is 0 Å². The molecule has 20 heavy (non-hydrogen) atoms. The molecule has 0 bridgehead atoms. The number of pyridine rings is 1. The second kappa shape index (κ2) is 4.96. The van der Waals surface area contributed by atoms with Crippen molar-refractivity contribution in [1.82, 2.24) is 14.9 Å². The molecule has 0 saturated carbocycles. The van der Waals surface area contributed by atoms with E-state index in [0.717, 1.165) is 25.2 Å². The molecule has 4 rings (SSSR count). The minimum atomic E-state index is 0.665. The molecule has 1 saturated heterocycles. The molecule has 4 heteroatoms. The Morgan fingerprint density at radius 3 is 2.85 bits per heavy atom. The third-order valence-electron chi connectivity index (χ3n) is 3.97. The minimum absolute atomic E-state index is 0.665. The molecule has 0 aliphatic carbocycles. The lowest BCUT2D eigenvalue weighted by atomic mass is 9.92. The number of hydrogen-bond acceptors (Lipinski definition) is 4. The maximum atomic E-state index is 4.39. The first kappa shape index (κ1) is 12.0. The summed E-state index contributed by atoms with van der Waals surface area (Å²) in [5.41, 5.74) is 5.87. The van der Waals surface area contributed by atoms with Crippen LogP contribution in [0.3, 0.4) is 0 Å². The monoisotopic (exact) mass is 281 g/mol. The number of rotatable bonds is 3. The van der Waals surface area contributed by atoms with Crippen LogP contribution in [0.4, 0.5) is 0 Å². The van der Waals surface area contributed by atoms with Crippen molar-refractivity contribution in [3.8, 4) is 0 Å². The molecule has 0 N–H and O–H groups in total. The summed E-state index contributed by atoms with van der Waals surface area (Å²) < 4.78 is 1.33. The fourth-order valence-electron chi connectivity index (χ4n) is 2.86. The van der Waals surface area contributed by atoms with Crippen LogP contribution < -0.4 is 0 Å². The highest BCUT2D eigenvalue weighted by molar-refractivity contribution is 7.16. The lowest BCUT2D eigenvalue weighted by Crippen LogP contribution is -2.44. The van der Waals surface area contributed by atoms with E-state index in [-0.39, 0.29) is 0 Å². The fraction of sp³-hybridized carbons (Fsp3) is 0.250. The summed E-state index contributed by atoms with van der Waals surface area (Å²) in [7, 11) is 0. The van der Waals surface area contributed by atoms with E-state index in [2.05, 4.69) is 45.2 Å². The standard InChI is InChI=1S/C16H15N3S/c1-2-13(16-15(3-1)18-11-20-16)8-19-9-14(10-19)12-4-6-17-7-5-12/h1-7,11,14H,8-10H2. The first-order chi connectivity index (χ1) is 9.90. The van der Waals surface area contributed by atoms with Crippen LogP contribution in [0.25, 0.3) is 10.2 Å². The molecular formula is C16H15N3S. The summed E-state index contributed by atoms with van der Waals surface area (Å²) >= 11 is 1.74. The van der Waals surface area contributed by atoms with Crippen molar-refractivity contribution in [1.29, 1.82) is 0 Å². The summed E-state index contributed by atoms with van der Waals surface area (Å²) in [5.74, 6) is 0.665. The summed E-state index contributed by atoms with van der Waals surface area (Å²) in [5, 5.41) is 0. The molecule has 3 nitrogen and oxygen atoms in total. The number of aromatic nitrogens is 2. The van der Waals surface area contributed by atoms with Gasteiger partial charge in [-0.1, -0.05) is 12.1 Å². The van der Waals surface area contributed by atoms with Gasteiger partial charge in [-0.3, -0.25) is 9.88 Å². The predicted octanol–water partition coefficient (Wildman–Crippen LogP) is 3.29. The molecule has 1 aromatic carbocycles. The van der Waals surface area contributed by atoms with E-state index in [0.29, 0.717) is 5.92 Å². The Balaban J connectivity index is 1.46. The zero-order chi connectivity index (χ0) is 13.4. The van der Waals surface area contributed by atoms with Gasteiger partial charge in [0.1, 0.15) is 0 Å². The Morgan fingerprint density at radius 2 is 2.00 bits per heavy atom. The van der Waals surface area contributed by atoms with Gasteiger partial charge in [-0.25, -0.2) is 4.98 Å². The van der Waals surface area contributed by atoms with Gasteiger partial charge in [0, 0.05) is 37.9 Å². The van der Waals surface area contributed by atoms with Crippen molar-refractivity contribution in [2.45, 2.75) is 12.5 Å². The van der Waals surface area contributed by atoms with E-state index in [1.165, 1.54) is 15.8 Å². The molecule has 3 aromatic rings. The normalized spacial score (nSPS) is 16.4. The zero-order valence-corrected chi connectivity index (χ0v) is 11.9. The number of hydrogen-bond donors (Lipinski definition) is 0. The van der Waals surface area contributed by atoms with Gasteiger partial charge in [0.15, 0.2) is 0 Å². The number of benzene rings is 1. The highest BCUT2D eigenvalue weighted by Gasteiger charge is 2.28. The lowest BCUT2D eigenvalue weighted by molar-refractivity contribution is 0.140. The first-order valence-corrected chi connectivity index (χ1v) is 7.71. The minimum Gasteiger partial charge on any atom is -0.298 e. The van der Waals surface area contributed by atoms with Gasteiger partial charge in [-0.05, 0) is 29.3 Å². The molecule has 1 aliphatic heterocycles. The molecule has 0 radical (unpaired) electrons. The number of nitrogens with zero attached hydrogens (tertiary/aromatic N) is 3. The average molecular weight is 281 g/mol.